The summed E-state index contributed by atoms with van der Waals surface area (Å²) in [4.78, 5) is 25.5. The molecule has 2 aromatic carbocycles. The molecule has 27 heavy (non-hydrogen) atoms. The molecule has 2 amide bonds. The number of hydrogen-bond acceptors (Lipinski definition) is 3. The zero-order valence-corrected chi connectivity index (χ0v) is 16.3. The Kier molecular flexibility index (Phi) is 7.86. The van der Waals surface area contributed by atoms with Crippen molar-refractivity contribution in [1.29, 1.82) is 0 Å². The Hall–Kier alpha value is -2.82. The average molecular weight is 368 g/mol. The van der Waals surface area contributed by atoms with Gasteiger partial charge < -0.3 is 15.0 Å². The Morgan fingerprint density at radius 1 is 1.04 bits per heavy atom. The summed E-state index contributed by atoms with van der Waals surface area (Å²) < 4.78 is 5.77. The van der Waals surface area contributed by atoms with Crippen molar-refractivity contribution >= 4 is 17.5 Å². The lowest BCUT2D eigenvalue weighted by Crippen LogP contribution is -2.34. The van der Waals surface area contributed by atoms with Crippen LogP contribution in [0.15, 0.2) is 54.6 Å². The van der Waals surface area contributed by atoms with Crippen LogP contribution in [0.4, 0.5) is 5.69 Å². The van der Waals surface area contributed by atoms with Gasteiger partial charge in [0.25, 0.3) is 0 Å². The number of ether oxygens (including phenoxy) is 1. The van der Waals surface area contributed by atoms with Crippen LogP contribution < -0.4 is 15.0 Å². The van der Waals surface area contributed by atoms with E-state index in [1.165, 1.54) is 6.92 Å². The molecule has 1 N–H and O–H groups in total. The van der Waals surface area contributed by atoms with E-state index in [1.807, 2.05) is 68.4 Å². The van der Waals surface area contributed by atoms with Crippen molar-refractivity contribution in [3.05, 3.63) is 60.2 Å². The quantitative estimate of drug-likeness (QED) is 0.733. The van der Waals surface area contributed by atoms with Gasteiger partial charge in [0, 0.05) is 32.1 Å². The maximum absolute atomic E-state index is 12.0. The van der Waals surface area contributed by atoms with Gasteiger partial charge in [-0.2, -0.15) is 0 Å². The topological polar surface area (TPSA) is 58.6 Å². The van der Waals surface area contributed by atoms with Crippen LogP contribution in [0.1, 0.15) is 32.8 Å². The molecule has 0 atom stereocenters. The molecule has 0 saturated heterocycles. The normalized spacial score (nSPS) is 10.5. The number of amides is 2. The molecular weight excluding hydrogens is 340 g/mol. The molecule has 2 rings (SSSR count). The van der Waals surface area contributed by atoms with Crippen molar-refractivity contribution in [3.63, 3.8) is 0 Å². The van der Waals surface area contributed by atoms with E-state index in [1.54, 1.807) is 4.90 Å². The number of hydrogen-bond donors (Lipinski definition) is 1. The van der Waals surface area contributed by atoms with E-state index in [2.05, 4.69) is 5.32 Å². The lowest BCUT2D eigenvalue weighted by atomic mass is 10.2. The smallest absolute Gasteiger partial charge is 0.223 e. The summed E-state index contributed by atoms with van der Waals surface area (Å²) in [6.07, 6.45) is 0.276. The first-order valence-corrected chi connectivity index (χ1v) is 9.27. The summed E-state index contributed by atoms with van der Waals surface area (Å²) in [7, 11) is 0. The van der Waals surface area contributed by atoms with E-state index in [0.717, 1.165) is 17.0 Å². The Morgan fingerprint density at radius 2 is 1.70 bits per heavy atom. The van der Waals surface area contributed by atoms with Crippen molar-refractivity contribution in [2.24, 2.45) is 5.92 Å². The van der Waals surface area contributed by atoms with Crippen LogP contribution in [0.5, 0.6) is 5.75 Å². The molecule has 5 nitrogen and oxygen atoms in total. The number of carbonyl (C=O) groups is 2. The van der Waals surface area contributed by atoms with Crippen LogP contribution in [0, 0.1) is 5.92 Å². The van der Waals surface area contributed by atoms with Crippen LogP contribution >= 0.6 is 0 Å². The Balaban J connectivity index is 1.91. The number of rotatable bonds is 9. The zero-order valence-electron chi connectivity index (χ0n) is 16.3. The summed E-state index contributed by atoms with van der Waals surface area (Å²) in [5.74, 6) is 1.00. The largest absolute Gasteiger partial charge is 0.489 e. The van der Waals surface area contributed by atoms with Gasteiger partial charge in [-0.3, -0.25) is 9.59 Å². The summed E-state index contributed by atoms with van der Waals surface area (Å²) in [6.45, 7) is 7.08. The Morgan fingerprint density at radius 3 is 2.30 bits per heavy atom. The van der Waals surface area contributed by atoms with Gasteiger partial charge in [0.2, 0.25) is 11.8 Å². The van der Waals surface area contributed by atoms with Gasteiger partial charge in [0.1, 0.15) is 12.4 Å². The number of anilines is 1. The summed E-state index contributed by atoms with van der Waals surface area (Å²) in [6, 6.07) is 17.3. The highest BCUT2D eigenvalue weighted by molar-refractivity contribution is 5.92. The number of carbonyl (C=O) groups excluding carboxylic acids is 2. The molecule has 0 fully saturated rings. The van der Waals surface area contributed by atoms with E-state index >= 15 is 0 Å². The van der Waals surface area contributed by atoms with E-state index < -0.39 is 0 Å². The highest BCUT2D eigenvalue weighted by Crippen LogP contribution is 2.21. The van der Waals surface area contributed by atoms with Gasteiger partial charge in [-0.05, 0) is 35.7 Å². The standard InChI is InChI=1S/C22H28N2O3/c1-17(2)15-23-22(26)13-14-24(18(3)25)20-9-11-21(12-10-20)27-16-19-7-5-4-6-8-19/h4-12,17H,13-16H2,1-3H3,(H,23,26). The second kappa shape index (κ2) is 10.4. The predicted octanol–water partition coefficient (Wildman–Crippen LogP) is 3.78. The van der Waals surface area contributed by atoms with Crippen LogP contribution in [-0.4, -0.2) is 24.9 Å². The fourth-order valence-electron chi connectivity index (χ4n) is 2.55. The minimum absolute atomic E-state index is 0.0437. The number of nitrogens with one attached hydrogen (secondary N) is 1. The molecule has 0 unspecified atom stereocenters. The third-order valence-electron chi connectivity index (χ3n) is 4.05. The summed E-state index contributed by atoms with van der Waals surface area (Å²) >= 11 is 0. The third kappa shape index (κ3) is 7.13. The molecule has 5 heteroatoms. The maximum Gasteiger partial charge on any atom is 0.223 e. The first kappa shape index (κ1) is 20.5. The molecule has 0 aliphatic heterocycles. The van der Waals surface area contributed by atoms with Crippen molar-refractivity contribution < 1.29 is 14.3 Å². The first-order chi connectivity index (χ1) is 13.0. The van der Waals surface area contributed by atoms with Crippen molar-refractivity contribution in [3.8, 4) is 5.75 Å². The van der Waals surface area contributed by atoms with Crippen molar-refractivity contribution in [2.45, 2.75) is 33.8 Å². The second-order valence-corrected chi connectivity index (χ2v) is 6.89. The molecule has 0 saturated carbocycles. The van der Waals surface area contributed by atoms with Crippen LogP contribution in [0.25, 0.3) is 0 Å². The highest BCUT2D eigenvalue weighted by Gasteiger charge is 2.13. The van der Waals surface area contributed by atoms with E-state index in [0.29, 0.717) is 25.6 Å². The zero-order chi connectivity index (χ0) is 19.6. The minimum Gasteiger partial charge on any atom is -0.489 e. The maximum atomic E-state index is 12.0. The van der Waals surface area contributed by atoms with Gasteiger partial charge in [0.05, 0.1) is 0 Å². The second-order valence-electron chi connectivity index (χ2n) is 6.89. The van der Waals surface area contributed by atoms with Gasteiger partial charge in [-0.1, -0.05) is 44.2 Å². The molecule has 0 heterocycles. The monoisotopic (exact) mass is 368 g/mol. The fourth-order valence-corrected chi connectivity index (χ4v) is 2.55. The van der Waals surface area contributed by atoms with Crippen molar-refractivity contribution in [1.82, 2.24) is 5.32 Å². The lowest BCUT2D eigenvalue weighted by Gasteiger charge is -2.21. The van der Waals surface area contributed by atoms with E-state index in [-0.39, 0.29) is 18.2 Å². The fraction of sp³-hybridized carbons (Fsp3) is 0.364. The van der Waals surface area contributed by atoms with Crippen molar-refractivity contribution in [2.75, 3.05) is 18.0 Å². The Bertz CT molecular complexity index is 727. The molecule has 0 bridgehead atoms. The SMILES string of the molecule is CC(=O)N(CCC(=O)NCC(C)C)c1ccc(OCc2ccccc2)cc1. The summed E-state index contributed by atoms with van der Waals surface area (Å²) in [5, 5.41) is 2.87. The van der Waals surface area contributed by atoms with Crippen LogP contribution in [0.3, 0.4) is 0 Å². The molecule has 0 spiro atoms. The van der Waals surface area contributed by atoms with Gasteiger partial charge in [-0.25, -0.2) is 0 Å². The lowest BCUT2D eigenvalue weighted by molar-refractivity contribution is -0.121. The molecule has 0 aliphatic rings. The minimum atomic E-state index is -0.0930. The predicted molar refractivity (Wildman–Crippen MR) is 108 cm³/mol. The first-order valence-electron chi connectivity index (χ1n) is 9.27. The van der Waals surface area contributed by atoms with Crippen LogP contribution in [-0.2, 0) is 16.2 Å². The van der Waals surface area contributed by atoms with Crippen LogP contribution in [0.2, 0.25) is 0 Å². The van der Waals surface area contributed by atoms with E-state index in [4.69, 9.17) is 4.74 Å². The molecule has 144 valence electrons. The van der Waals surface area contributed by atoms with Gasteiger partial charge in [0.15, 0.2) is 0 Å². The number of benzene rings is 2. The highest BCUT2D eigenvalue weighted by atomic mass is 16.5. The third-order valence-corrected chi connectivity index (χ3v) is 4.05. The molecular formula is C22H28N2O3. The molecule has 0 aromatic heterocycles. The van der Waals surface area contributed by atoms with Gasteiger partial charge in [-0.15, -0.1) is 0 Å². The van der Waals surface area contributed by atoms with E-state index in [9.17, 15) is 9.59 Å². The Labute approximate surface area is 161 Å². The number of nitrogens with zero attached hydrogens (tertiary/aromatic N) is 1. The van der Waals surface area contributed by atoms with Gasteiger partial charge >= 0.3 is 0 Å². The molecule has 2 aromatic rings. The average Bonchev–Trinajstić information content (AvgIpc) is 2.66. The molecule has 0 radical (unpaired) electrons. The molecule has 0 aliphatic carbocycles. The summed E-state index contributed by atoms with van der Waals surface area (Å²) in [5.41, 5.74) is 1.85.